The number of para-hydroxylation sites is 1. The fourth-order valence-electron chi connectivity index (χ4n) is 2.66. The first-order valence-corrected chi connectivity index (χ1v) is 7.40. The van der Waals surface area contributed by atoms with Crippen molar-refractivity contribution in [1.82, 2.24) is 10.2 Å². The molecule has 4 heteroatoms. The van der Waals surface area contributed by atoms with E-state index < -0.39 is 0 Å². The van der Waals surface area contributed by atoms with E-state index in [1.165, 1.54) is 25.9 Å². The third-order valence-electron chi connectivity index (χ3n) is 3.91. The van der Waals surface area contributed by atoms with Crippen LogP contribution in [0.5, 0.6) is 0 Å². The van der Waals surface area contributed by atoms with Crippen molar-refractivity contribution in [1.29, 1.82) is 0 Å². The van der Waals surface area contributed by atoms with Crippen molar-refractivity contribution in [3.05, 3.63) is 29.8 Å². The highest BCUT2D eigenvalue weighted by Gasteiger charge is 2.16. The molecule has 1 amide bonds. The average molecular weight is 275 g/mol. The smallest absolute Gasteiger partial charge is 0.221 e. The van der Waals surface area contributed by atoms with Crippen LogP contribution < -0.4 is 10.6 Å². The van der Waals surface area contributed by atoms with Gasteiger partial charge in [0.05, 0.1) is 0 Å². The van der Waals surface area contributed by atoms with Gasteiger partial charge in [-0.2, -0.15) is 0 Å². The van der Waals surface area contributed by atoms with Crippen LogP contribution in [0, 0.1) is 5.92 Å². The molecule has 2 N–H and O–H groups in total. The average Bonchev–Trinajstić information content (AvgIpc) is 2.42. The van der Waals surface area contributed by atoms with Gasteiger partial charge < -0.3 is 15.5 Å². The lowest BCUT2D eigenvalue weighted by atomic mass is 9.97. The third kappa shape index (κ3) is 4.62. The molecule has 0 bridgehead atoms. The Bertz CT molecular complexity index is 439. The number of piperidine rings is 1. The summed E-state index contributed by atoms with van der Waals surface area (Å²) < 4.78 is 0. The summed E-state index contributed by atoms with van der Waals surface area (Å²) in [5.74, 6) is 0.756. The van der Waals surface area contributed by atoms with Crippen LogP contribution in [0.4, 0.5) is 5.69 Å². The van der Waals surface area contributed by atoms with E-state index in [0.29, 0.717) is 0 Å². The topological polar surface area (TPSA) is 44.4 Å². The lowest BCUT2D eigenvalue weighted by Gasteiger charge is -2.29. The first-order valence-electron chi connectivity index (χ1n) is 7.40. The van der Waals surface area contributed by atoms with Gasteiger partial charge in [0.25, 0.3) is 0 Å². The number of amides is 1. The lowest BCUT2D eigenvalue weighted by Crippen LogP contribution is -2.34. The van der Waals surface area contributed by atoms with E-state index in [0.717, 1.165) is 30.3 Å². The molecule has 1 heterocycles. The van der Waals surface area contributed by atoms with Crippen LogP contribution in [0.1, 0.15) is 25.3 Å². The van der Waals surface area contributed by atoms with Crippen LogP contribution in [0.2, 0.25) is 0 Å². The maximum Gasteiger partial charge on any atom is 0.221 e. The van der Waals surface area contributed by atoms with E-state index in [9.17, 15) is 4.79 Å². The monoisotopic (exact) mass is 275 g/mol. The largest absolute Gasteiger partial charge is 0.326 e. The molecular formula is C16H25N3O. The Labute approximate surface area is 121 Å². The van der Waals surface area contributed by atoms with Crippen molar-refractivity contribution in [3.8, 4) is 0 Å². The van der Waals surface area contributed by atoms with Crippen LogP contribution in [0.25, 0.3) is 0 Å². The van der Waals surface area contributed by atoms with E-state index in [-0.39, 0.29) is 5.91 Å². The molecule has 1 aliphatic heterocycles. The molecule has 110 valence electrons. The number of hydrogen-bond donors (Lipinski definition) is 2. The Morgan fingerprint density at radius 2 is 2.00 bits per heavy atom. The molecule has 0 atom stereocenters. The second kappa shape index (κ2) is 7.41. The van der Waals surface area contributed by atoms with Gasteiger partial charge in [0.1, 0.15) is 0 Å². The van der Waals surface area contributed by atoms with Gasteiger partial charge in [0.2, 0.25) is 5.91 Å². The number of benzene rings is 1. The molecule has 2 rings (SSSR count). The van der Waals surface area contributed by atoms with Crippen LogP contribution >= 0.6 is 0 Å². The molecule has 0 aliphatic carbocycles. The summed E-state index contributed by atoms with van der Waals surface area (Å²) in [7, 11) is 2.19. The molecule has 4 nitrogen and oxygen atoms in total. The van der Waals surface area contributed by atoms with Crippen molar-refractivity contribution in [2.24, 2.45) is 5.92 Å². The van der Waals surface area contributed by atoms with Crippen molar-refractivity contribution in [3.63, 3.8) is 0 Å². The zero-order chi connectivity index (χ0) is 14.4. The number of rotatable bonds is 5. The fourth-order valence-corrected chi connectivity index (χ4v) is 2.66. The van der Waals surface area contributed by atoms with E-state index in [4.69, 9.17) is 0 Å². The molecule has 1 aliphatic rings. The van der Waals surface area contributed by atoms with E-state index >= 15 is 0 Å². The molecule has 0 saturated carbocycles. The number of likely N-dealkylation sites (tertiary alicyclic amines) is 1. The number of carbonyl (C=O) groups excluding carboxylic acids is 1. The van der Waals surface area contributed by atoms with Crippen molar-refractivity contribution in [2.45, 2.75) is 26.3 Å². The molecular weight excluding hydrogens is 250 g/mol. The van der Waals surface area contributed by atoms with Crippen molar-refractivity contribution < 1.29 is 4.79 Å². The van der Waals surface area contributed by atoms with E-state index in [1.54, 1.807) is 6.92 Å². The zero-order valence-electron chi connectivity index (χ0n) is 12.5. The van der Waals surface area contributed by atoms with Gasteiger partial charge in [0, 0.05) is 19.2 Å². The highest BCUT2D eigenvalue weighted by molar-refractivity contribution is 5.89. The first-order chi connectivity index (χ1) is 9.65. The van der Waals surface area contributed by atoms with Crippen molar-refractivity contribution >= 4 is 11.6 Å². The van der Waals surface area contributed by atoms with E-state index in [1.807, 2.05) is 18.2 Å². The summed E-state index contributed by atoms with van der Waals surface area (Å²) in [6, 6.07) is 7.98. The first kappa shape index (κ1) is 15.0. The predicted molar refractivity (Wildman–Crippen MR) is 82.7 cm³/mol. The predicted octanol–water partition coefficient (Wildman–Crippen LogP) is 2.08. The number of carbonyl (C=O) groups is 1. The van der Waals surface area contributed by atoms with Gasteiger partial charge in [-0.3, -0.25) is 4.79 Å². The van der Waals surface area contributed by atoms with Gasteiger partial charge in [-0.05, 0) is 57.1 Å². The van der Waals surface area contributed by atoms with Crippen molar-refractivity contribution in [2.75, 3.05) is 32.0 Å². The van der Waals surface area contributed by atoms with Crippen LogP contribution in [-0.2, 0) is 11.3 Å². The summed E-state index contributed by atoms with van der Waals surface area (Å²) in [4.78, 5) is 13.6. The fraction of sp³-hybridized carbons (Fsp3) is 0.562. The lowest BCUT2D eigenvalue weighted by molar-refractivity contribution is -0.114. The number of anilines is 1. The van der Waals surface area contributed by atoms with Crippen LogP contribution in [0.15, 0.2) is 24.3 Å². The van der Waals surface area contributed by atoms with Crippen LogP contribution in [0.3, 0.4) is 0 Å². The van der Waals surface area contributed by atoms with Gasteiger partial charge in [-0.25, -0.2) is 0 Å². The molecule has 1 fully saturated rings. The Hall–Kier alpha value is -1.39. The molecule has 0 aromatic heterocycles. The van der Waals surface area contributed by atoms with Gasteiger partial charge in [0.15, 0.2) is 0 Å². The maximum atomic E-state index is 11.2. The minimum atomic E-state index is -0.0206. The Balaban J connectivity index is 1.80. The normalized spacial score (nSPS) is 17.1. The third-order valence-corrected chi connectivity index (χ3v) is 3.91. The standard InChI is InChI=1S/C16H25N3O/c1-13(20)18-16-6-4-3-5-15(16)12-17-11-14-7-9-19(2)10-8-14/h3-6,14,17H,7-12H2,1-2H3,(H,18,20). The number of nitrogens with zero attached hydrogens (tertiary/aromatic N) is 1. The summed E-state index contributed by atoms with van der Waals surface area (Å²) in [6.07, 6.45) is 2.55. The molecule has 1 saturated heterocycles. The quantitative estimate of drug-likeness (QED) is 0.864. The summed E-state index contributed by atoms with van der Waals surface area (Å²) in [6.45, 7) is 5.82. The summed E-state index contributed by atoms with van der Waals surface area (Å²) >= 11 is 0. The molecule has 0 spiro atoms. The molecule has 1 aromatic rings. The second-order valence-corrected chi connectivity index (χ2v) is 5.72. The minimum Gasteiger partial charge on any atom is -0.326 e. The summed E-state index contributed by atoms with van der Waals surface area (Å²) in [5.41, 5.74) is 2.06. The van der Waals surface area contributed by atoms with Gasteiger partial charge in [-0.15, -0.1) is 0 Å². The zero-order valence-corrected chi connectivity index (χ0v) is 12.5. The highest BCUT2D eigenvalue weighted by atomic mass is 16.1. The Morgan fingerprint density at radius 1 is 1.30 bits per heavy atom. The SMILES string of the molecule is CC(=O)Nc1ccccc1CNCC1CCN(C)CC1. The molecule has 1 aromatic carbocycles. The number of nitrogens with one attached hydrogen (secondary N) is 2. The summed E-state index contributed by atoms with van der Waals surface area (Å²) in [5, 5.41) is 6.41. The molecule has 0 radical (unpaired) electrons. The minimum absolute atomic E-state index is 0.0206. The number of hydrogen-bond acceptors (Lipinski definition) is 3. The van der Waals surface area contributed by atoms with E-state index in [2.05, 4.69) is 28.6 Å². The van der Waals surface area contributed by atoms with Gasteiger partial charge in [-0.1, -0.05) is 18.2 Å². The Morgan fingerprint density at radius 3 is 2.70 bits per heavy atom. The second-order valence-electron chi connectivity index (χ2n) is 5.72. The van der Waals surface area contributed by atoms with Crippen LogP contribution in [-0.4, -0.2) is 37.5 Å². The maximum absolute atomic E-state index is 11.2. The molecule has 20 heavy (non-hydrogen) atoms. The molecule has 0 unspecified atom stereocenters. The Kier molecular flexibility index (Phi) is 5.56. The highest BCUT2D eigenvalue weighted by Crippen LogP contribution is 2.17. The van der Waals surface area contributed by atoms with Gasteiger partial charge >= 0.3 is 0 Å².